The number of furan rings is 1. The quantitative estimate of drug-likeness (QED) is 0.584. The molecule has 1 N–H and O–H groups in total. The van der Waals surface area contributed by atoms with Gasteiger partial charge in [0, 0.05) is 11.6 Å². The number of fused-ring (bicyclic) bond motifs is 1. The Morgan fingerprint density at radius 2 is 2.20 bits per heavy atom. The van der Waals surface area contributed by atoms with Crippen LogP contribution >= 0.6 is 0 Å². The molecule has 0 spiro atoms. The molecule has 3 aromatic rings. The second kappa shape index (κ2) is 5.36. The fourth-order valence-electron chi connectivity index (χ4n) is 1.80. The maximum absolute atomic E-state index is 11.6. The topological polar surface area (TPSA) is 67.5 Å². The van der Waals surface area contributed by atoms with Crippen molar-refractivity contribution < 1.29 is 9.21 Å². The monoisotopic (exact) mass is 265 g/mol. The number of pyridine rings is 1. The van der Waals surface area contributed by atoms with E-state index in [0.29, 0.717) is 0 Å². The molecule has 98 valence electrons. The number of carbonyl (C=O) groups is 1. The van der Waals surface area contributed by atoms with Crippen LogP contribution in [0.1, 0.15) is 16.1 Å². The van der Waals surface area contributed by atoms with E-state index in [1.807, 2.05) is 30.3 Å². The van der Waals surface area contributed by atoms with Crippen molar-refractivity contribution in [1.82, 2.24) is 10.4 Å². The van der Waals surface area contributed by atoms with Gasteiger partial charge in [0.05, 0.1) is 18.0 Å². The first-order valence-corrected chi connectivity index (χ1v) is 6.04. The van der Waals surface area contributed by atoms with Gasteiger partial charge < -0.3 is 4.42 Å². The van der Waals surface area contributed by atoms with Crippen LogP contribution in [0.4, 0.5) is 0 Å². The van der Waals surface area contributed by atoms with Crippen molar-refractivity contribution in [3.63, 3.8) is 0 Å². The zero-order valence-corrected chi connectivity index (χ0v) is 10.5. The minimum atomic E-state index is -0.381. The van der Waals surface area contributed by atoms with Crippen LogP contribution in [0.2, 0.25) is 0 Å². The lowest BCUT2D eigenvalue weighted by molar-refractivity contribution is 0.0927. The van der Waals surface area contributed by atoms with E-state index < -0.39 is 0 Å². The maximum Gasteiger partial charge on any atom is 0.307 e. The van der Waals surface area contributed by atoms with E-state index in [4.69, 9.17) is 4.42 Å². The fourth-order valence-corrected chi connectivity index (χ4v) is 1.80. The second-order valence-electron chi connectivity index (χ2n) is 4.13. The molecule has 0 aliphatic heterocycles. The molecule has 0 aliphatic carbocycles. The molecule has 0 saturated carbocycles. The first kappa shape index (κ1) is 12.1. The molecule has 2 heterocycles. The van der Waals surface area contributed by atoms with Gasteiger partial charge in [0.15, 0.2) is 5.76 Å². The highest BCUT2D eigenvalue weighted by molar-refractivity contribution is 5.93. The number of hydrogen-bond donors (Lipinski definition) is 1. The molecule has 0 radical (unpaired) electrons. The molecule has 3 rings (SSSR count). The maximum atomic E-state index is 11.6. The normalized spacial score (nSPS) is 11.0. The Hall–Kier alpha value is -2.95. The van der Waals surface area contributed by atoms with Gasteiger partial charge in [-0.3, -0.25) is 9.78 Å². The lowest BCUT2D eigenvalue weighted by atomic mass is 10.1. The van der Waals surface area contributed by atoms with Crippen molar-refractivity contribution >= 4 is 23.0 Å². The summed E-state index contributed by atoms with van der Waals surface area (Å²) in [7, 11) is 0. The van der Waals surface area contributed by atoms with Gasteiger partial charge in [0.25, 0.3) is 0 Å². The number of carbonyl (C=O) groups excluding carboxylic acids is 1. The first-order chi connectivity index (χ1) is 9.83. The largest absolute Gasteiger partial charge is 0.459 e. The van der Waals surface area contributed by atoms with Crippen LogP contribution in [0.3, 0.4) is 0 Å². The van der Waals surface area contributed by atoms with E-state index in [2.05, 4.69) is 15.5 Å². The van der Waals surface area contributed by atoms with Gasteiger partial charge in [-0.25, -0.2) is 5.43 Å². The molecule has 0 aliphatic rings. The summed E-state index contributed by atoms with van der Waals surface area (Å²) in [5.41, 5.74) is 4.20. The molecule has 20 heavy (non-hydrogen) atoms. The Kier molecular flexibility index (Phi) is 3.24. The smallest absolute Gasteiger partial charge is 0.307 e. The van der Waals surface area contributed by atoms with Gasteiger partial charge >= 0.3 is 5.91 Å². The van der Waals surface area contributed by atoms with Crippen molar-refractivity contribution in [2.45, 2.75) is 0 Å². The average Bonchev–Trinajstić information content (AvgIpc) is 3.01. The van der Waals surface area contributed by atoms with Crippen LogP contribution in [0.5, 0.6) is 0 Å². The lowest BCUT2D eigenvalue weighted by Crippen LogP contribution is -2.16. The third kappa shape index (κ3) is 2.56. The van der Waals surface area contributed by atoms with E-state index in [9.17, 15) is 4.79 Å². The summed E-state index contributed by atoms with van der Waals surface area (Å²) >= 11 is 0. The minimum absolute atomic E-state index is 0.227. The zero-order valence-electron chi connectivity index (χ0n) is 10.5. The Morgan fingerprint density at radius 1 is 1.25 bits per heavy atom. The van der Waals surface area contributed by atoms with Gasteiger partial charge in [-0.05, 0) is 35.9 Å². The Morgan fingerprint density at radius 3 is 3.05 bits per heavy atom. The summed E-state index contributed by atoms with van der Waals surface area (Å²) in [6.07, 6.45) is 4.77. The highest BCUT2D eigenvalue weighted by Crippen LogP contribution is 2.11. The Balaban J connectivity index is 1.72. The number of hydrazone groups is 1. The van der Waals surface area contributed by atoms with E-state index in [0.717, 1.165) is 16.5 Å². The molecule has 0 fully saturated rings. The van der Waals surface area contributed by atoms with E-state index in [1.54, 1.807) is 24.5 Å². The highest BCUT2D eigenvalue weighted by Gasteiger charge is 2.05. The van der Waals surface area contributed by atoms with Crippen LogP contribution in [0.25, 0.3) is 10.9 Å². The van der Waals surface area contributed by atoms with Crippen LogP contribution in [0, 0.1) is 0 Å². The molecule has 0 bridgehead atoms. The van der Waals surface area contributed by atoms with Crippen LogP contribution in [-0.4, -0.2) is 17.1 Å². The fraction of sp³-hybridized carbons (Fsp3) is 0. The van der Waals surface area contributed by atoms with Crippen LogP contribution in [-0.2, 0) is 0 Å². The highest BCUT2D eigenvalue weighted by atomic mass is 16.3. The zero-order chi connectivity index (χ0) is 13.8. The lowest BCUT2D eigenvalue weighted by Gasteiger charge is -1.98. The number of hydrogen-bond acceptors (Lipinski definition) is 4. The van der Waals surface area contributed by atoms with Crippen molar-refractivity contribution in [2.75, 3.05) is 0 Å². The molecule has 0 atom stereocenters. The van der Waals surface area contributed by atoms with E-state index in [-0.39, 0.29) is 11.7 Å². The Labute approximate surface area is 114 Å². The summed E-state index contributed by atoms with van der Waals surface area (Å²) in [6.45, 7) is 0. The SMILES string of the molecule is O=C(N/N=C\c1ccc2ncccc2c1)c1ccco1. The summed E-state index contributed by atoms with van der Waals surface area (Å²) in [5.74, 6) is -0.154. The first-order valence-electron chi connectivity index (χ1n) is 6.04. The summed E-state index contributed by atoms with van der Waals surface area (Å²) in [5, 5.41) is 4.92. The van der Waals surface area contributed by atoms with Crippen molar-refractivity contribution in [1.29, 1.82) is 0 Å². The van der Waals surface area contributed by atoms with Gasteiger partial charge in [-0.1, -0.05) is 12.1 Å². The predicted molar refractivity (Wildman–Crippen MR) is 75.5 cm³/mol. The van der Waals surface area contributed by atoms with Gasteiger partial charge in [0.1, 0.15) is 0 Å². The molecule has 0 saturated heterocycles. The third-order valence-electron chi connectivity index (χ3n) is 2.75. The van der Waals surface area contributed by atoms with Crippen molar-refractivity contribution in [3.8, 4) is 0 Å². The molecule has 1 aromatic carbocycles. The summed E-state index contributed by atoms with van der Waals surface area (Å²) in [6, 6.07) is 12.8. The summed E-state index contributed by atoms with van der Waals surface area (Å²) in [4.78, 5) is 15.8. The molecule has 2 aromatic heterocycles. The van der Waals surface area contributed by atoms with Crippen molar-refractivity contribution in [3.05, 3.63) is 66.2 Å². The van der Waals surface area contributed by atoms with Gasteiger partial charge in [-0.2, -0.15) is 5.10 Å². The number of nitrogens with zero attached hydrogens (tertiary/aromatic N) is 2. The minimum Gasteiger partial charge on any atom is -0.459 e. The number of nitrogens with one attached hydrogen (secondary N) is 1. The van der Waals surface area contributed by atoms with E-state index >= 15 is 0 Å². The second-order valence-corrected chi connectivity index (χ2v) is 4.13. The molecule has 0 unspecified atom stereocenters. The standard InChI is InChI=1S/C15H11N3O2/c19-15(14-4-2-8-20-14)18-17-10-11-5-6-13-12(9-11)3-1-7-16-13/h1-10H,(H,18,19)/b17-10-. The summed E-state index contributed by atoms with van der Waals surface area (Å²) < 4.78 is 4.96. The molecule has 5 heteroatoms. The van der Waals surface area contributed by atoms with E-state index in [1.165, 1.54) is 6.26 Å². The van der Waals surface area contributed by atoms with Crippen LogP contribution < -0.4 is 5.43 Å². The van der Waals surface area contributed by atoms with Crippen LogP contribution in [0.15, 0.2) is 64.4 Å². The molecular formula is C15H11N3O2. The Bertz CT molecular complexity index is 764. The number of rotatable bonds is 3. The third-order valence-corrected chi connectivity index (χ3v) is 2.75. The predicted octanol–water partition coefficient (Wildman–Crippen LogP) is 2.59. The van der Waals surface area contributed by atoms with Crippen molar-refractivity contribution in [2.24, 2.45) is 5.10 Å². The number of amides is 1. The molecule has 5 nitrogen and oxygen atoms in total. The molecular weight excluding hydrogens is 254 g/mol. The number of benzene rings is 1. The van der Waals surface area contributed by atoms with Gasteiger partial charge in [-0.15, -0.1) is 0 Å². The number of aromatic nitrogens is 1. The molecule has 1 amide bonds. The average molecular weight is 265 g/mol. The van der Waals surface area contributed by atoms with Gasteiger partial charge in [0.2, 0.25) is 0 Å².